The summed E-state index contributed by atoms with van der Waals surface area (Å²) in [6.07, 6.45) is 4.63. The van der Waals surface area contributed by atoms with Gasteiger partial charge in [-0.15, -0.1) is 0 Å². The summed E-state index contributed by atoms with van der Waals surface area (Å²) in [7, 11) is 0. The van der Waals surface area contributed by atoms with E-state index in [0.29, 0.717) is 0 Å². The molecule has 0 aromatic carbocycles. The molecular weight excluding hydrogens is 122 g/mol. The van der Waals surface area contributed by atoms with E-state index in [-0.39, 0.29) is 0 Å². The van der Waals surface area contributed by atoms with Gasteiger partial charge in [0.1, 0.15) is 0 Å². The molecule has 3 aliphatic rings. The molecule has 0 radical (unpaired) electrons. The van der Waals surface area contributed by atoms with Crippen molar-refractivity contribution in [2.75, 3.05) is 13.1 Å². The summed E-state index contributed by atoms with van der Waals surface area (Å²) in [5.41, 5.74) is 0. The second-order valence-electron chi connectivity index (χ2n) is 4.25. The highest BCUT2D eigenvalue weighted by Crippen LogP contribution is 2.57. The third-order valence-corrected chi connectivity index (χ3v) is 3.85. The topological polar surface area (TPSA) is 12.0 Å². The molecule has 0 amide bonds. The molecule has 0 bridgehead atoms. The molecule has 1 heteroatoms. The van der Waals surface area contributed by atoms with Crippen LogP contribution >= 0.6 is 0 Å². The average molecular weight is 137 g/mol. The predicted molar refractivity (Wildman–Crippen MR) is 40.7 cm³/mol. The van der Waals surface area contributed by atoms with Crippen LogP contribution in [0.4, 0.5) is 0 Å². The fourth-order valence-corrected chi connectivity index (χ4v) is 2.99. The SMILES string of the molecule is C1CC(C2C3CNCC32)C1. The molecule has 10 heavy (non-hydrogen) atoms. The molecule has 3 rings (SSSR count). The molecular formula is C9H15N. The van der Waals surface area contributed by atoms with Gasteiger partial charge in [0, 0.05) is 0 Å². The fraction of sp³-hybridized carbons (Fsp3) is 1.00. The Bertz CT molecular complexity index is 138. The minimum Gasteiger partial charge on any atom is -0.316 e. The highest BCUT2D eigenvalue weighted by atomic mass is 15.0. The highest BCUT2D eigenvalue weighted by Gasteiger charge is 2.56. The molecule has 2 saturated carbocycles. The van der Waals surface area contributed by atoms with Crippen LogP contribution < -0.4 is 5.32 Å². The molecule has 1 nitrogen and oxygen atoms in total. The molecule has 1 N–H and O–H groups in total. The molecule has 0 spiro atoms. The van der Waals surface area contributed by atoms with Crippen molar-refractivity contribution < 1.29 is 0 Å². The van der Waals surface area contributed by atoms with Crippen LogP contribution in [0.3, 0.4) is 0 Å². The van der Waals surface area contributed by atoms with Crippen LogP contribution in [0.25, 0.3) is 0 Å². The van der Waals surface area contributed by atoms with Crippen molar-refractivity contribution in [3.63, 3.8) is 0 Å². The van der Waals surface area contributed by atoms with Crippen LogP contribution in [0, 0.1) is 23.7 Å². The lowest BCUT2D eigenvalue weighted by Gasteiger charge is -2.27. The fourth-order valence-electron chi connectivity index (χ4n) is 2.99. The normalized spacial score (nSPS) is 52.2. The number of fused-ring (bicyclic) bond motifs is 1. The van der Waals surface area contributed by atoms with Gasteiger partial charge >= 0.3 is 0 Å². The van der Waals surface area contributed by atoms with Gasteiger partial charge in [-0.1, -0.05) is 19.3 Å². The standard InChI is InChI=1S/C9H15N/c1-2-6(3-1)9-7-4-10-5-8(7)9/h6-10H,1-5H2. The maximum absolute atomic E-state index is 3.45. The number of rotatable bonds is 1. The zero-order chi connectivity index (χ0) is 6.55. The summed E-state index contributed by atoms with van der Waals surface area (Å²) in [5.74, 6) is 4.57. The van der Waals surface area contributed by atoms with Gasteiger partial charge in [0.05, 0.1) is 0 Å². The maximum atomic E-state index is 3.45. The Morgan fingerprint density at radius 2 is 1.70 bits per heavy atom. The van der Waals surface area contributed by atoms with Gasteiger partial charge in [0.2, 0.25) is 0 Å². The first kappa shape index (κ1) is 5.59. The third-order valence-electron chi connectivity index (χ3n) is 3.85. The van der Waals surface area contributed by atoms with Crippen molar-refractivity contribution in [2.24, 2.45) is 23.7 Å². The van der Waals surface area contributed by atoms with Gasteiger partial charge in [-0.2, -0.15) is 0 Å². The van der Waals surface area contributed by atoms with E-state index in [1.807, 2.05) is 0 Å². The number of piperidine rings is 1. The van der Waals surface area contributed by atoms with Crippen molar-refractivity contribution in [3.05, 3.63) is 0 Å². The van der Waals surface area contributed by atoms with Crippen molar-refractivity contribution in [1.82, 2.24) is 5.32 Å². The summed E-state index contributed by atoms with van der Waals surface area (Å²) in [6.45, 7) is 2.68. The summed E-state index contributed by atoms with van der Waals surface area (Å²) in [5, 5.41) is 3.45. The molecule has 0 aromatic rings. The average Bonchev–Trinajstić information content (AvgIpc) is 2.38. The van der Waals surface area contributed by atoms with E-state index >= 15 is 0 Å². The van der Waals surface area contributed by atoms with Crippen LogP contribution in [0.1, 0.15) is 19.3 Å². The maximum Gasteiger partial charge on any atom is -0.00143 e. The van der Waals surface area contributed by atoms with Gasteiger partial charge in [-0.05, 0) is 36.8 Å². The first-order valence-corrected chi connectivity index (χ1v) is 4.67. The summed E-state index contributed by atoms with van der Waals surface area (Å²) < 4.78 is 0. The summed E-state index contributed by atoms with van der Waals surface area (Å²) >= 11 is 0. The lowest BCUT2D eigenvalue weighted by molar-refractivity contribution is 0.250. The smallest absolute Gasteiger partial charge is 0.00143 e. The van der Waals surface area contributed by atoms with Gasteiger partial charge < -0.3 is 5.32 Å². The highest BCUT2D eigenvalue weighted by molar-refractivity contribution is 5.07. The van der Waals surface area contributed by atoms with Crippen molar-refractivity contribution in [1.29, 1.82) is 0 Å². The van der Waals surface area contributed by atoms with Gasteiger partial charge in [-0.25, -0.2) is 0 Å². The van der Waals surface area contributed by atoms with Gasteiger partial charge in [0.15, 0.2) is 0 Å². The Balaban J connectivity index is 1.66. The second kappa shape index (κ2) is 1.76. The van der Waals surface area contributed by atoms with E-state index in [1.165, 1.54) is 25.4 Å². The number of hydrogen-bond acceptors (Lipinski definition) is 1. The Kier molecular flexibility index (Phi) is 0.984. The lowest BCUT2D eigenvalue weighted by Crippen LogP contribution is -2.22. The van der Waals surface area contributed by atoms with E-state index in [1.54, 1.807) is 12.8 Å². The first-order valence-electron chi connectivity index (χ1n) is 4.67. The van der Waals surface area contributed by atoms with E-state index in [4.69, 9.17) is 0 Å². The molecule has 1 heterocycles. The quantitative estimate of drug-likeness (QED) is 0.573. The Hall–Kier alpha value is -0.0400. The summed E-state index contributed by atoms with van der Waals surface area (Å²) in [6, 6.07) is 0. The Labute approximate surface area is 62.2 Å². The molecule has 1 aliphatic heterocycles. The van der Waals surface area contributed by atoms with E-state index < -0.39 is 0 Å². The van der Waals surface area contributed by atoms with Gasteiger partial charge in [-0.3, -0.25) is 0 Å². The van der Waals surface area contributed by atoms with Crippen LogP contribution in [-0.4, -0.2) is 13.1 Å². The minimum atomic E-state index is 1.12. The molecule has 2 atom stereocenters. The number of hydrogen-bond donors (Lipinski definition) is 1. The second-order valence-corrected chi connectivity index (χ2v) is 4.25. The first-order chi connectivity index (χ1) is 4.97. The molecule has 3 fully saturated rings. The lowest BCUT2D eigenvalue weighted by atomic mass is 9.80. The molecule has 0 aromatic heterocycles. The van der Waals surface area contributed by atoms with Crippen molar-refractivity contribution in [2.45, 2.75) is 19.3 Å². The van der Waals surface area contributed by atoms with Crippen LogP contribution in [0.2, 0.25) is 0 Å². The molecule has 56 valence electrons. The minimum absolute atomic E-state index is 1.12. The van der Waals surface area contributed by atoms with E-state index in [9.17, 15) is 0 Å². The van der Waals surface area contributed by atoms with Crippen LogP contribution in [0.15, 0.2) is 0 Å². The van der Waals surface area contributed by atoms with E-state index in [2.05, 4.69) is 5.32 Å². The summed E-state index contributed by atoms with van der Waals surface area (Å²) in [4.78, 5) is 0. The van der Waals surface area contributed by atoms with Gasteiger partial charge in [0.25, 0.3) is 0 Å². The van der Waals surface area contributed by atoms with E-state index in [0.717, 1.165) is 17.8 Å². The largest absolute Gasteiger partial charge is 0.316 e. The third kappa shape index (κ3) is 0.572. The van der Waals surface area contributed by atoms with Crippen LogP contribution in [-0.2, 0) is 0 Å². The zero-order valence-corrected chi connectivity index (χ0v) is 6.34. The van der Waals surface area contributed by atoms with Crippen molar-refractivity contribution in [3.8, 4) is 0 Å². The zero-order valence-electron chi connectivity index (χ0n) is 6.34. The predicted octanol–water partition coefficient (Wildman–Crippen LogP) is 1.25. The number of nitrogens with one attached hydrogen (secondary N) is 1. The Morgan fingerprint density at radius 1 is 1.00 bits per heavy atom. The molecule has 2 aliphatic carbocycles. The molecule has 2 unspecified atom stereocenters. The Morgan fingerprint density at radius 3 is 2.20 bits per heavy atom. The molecule has 1 saturated heterocycles. The van der Waals surface area contributed by atoms with Crippen molar-refractivity contribution >= 4 is 0 Å². The monoisotopic (exact) mass is 137 g/mol. The van der Waals surface area contributed by atoms with Crippen LogP contribution in [0.5, 0.6) is 0 Å².